The number of halogens is 2. The normalized spacial score (nSPS) is 11.9. The SMILES string of the molecule is CCN=c1cc2oc3cc(N)c(C)cc3c(-c3c(Cl)cc(C(=O)On4c(O)ccc4O)c(Cl)c3C(=O)O)c-2cc1C. The molecule has 0 bridgehead atoms. The van der Waals surface area contributed by atoms with Crippen LogP contribution in [0.3, 0.4) is 0 Å². The number of fused-ring (bicyclic) bond motifs is 2. The van der Waals surface area contributed by atoms with E-state index >= 15 is 0 Å². The van der Waals surface area contributed by atoms with E-state index in [2.05, 4.69) is 4.99 Å². The van der Waals surface area contributed by atoms with E-state index in [1.54, 1.807) is 25.1 Å². The molecule has 41 heavy (non-hydrogen) atoms. The number of carboxylic acids is 1. The maximum atomic E-state index is 13.0. The van der Waals surface area contributed by atoms with Crippen LogP contribution in [0.15, 0.2) is 51.9 Å². The van der Waals surface area contributed by atoms with E-state index in [0.29, 0.717) is 55.7 Å². The van der Waals surface area contributed by atoms with Crippen LogP contribution in [0.5, 0.6) is 11.8 Å². The van der Waals surface area contributed by atoms with Gasteiger partial charge in [0.1, 0.15) is 11.3 Å². The standard InChI is InChI=1S/C29H23Cl2N3O7/c1-4-33-19-11-21-15(8-13(19)3)24(14-7-12(2)18(32)10-20(14)40-21)25-17(30)9-16(27(31)26(25)28(37)38)29(39)41-34-22(35)5-6-23(34)36/h5-11,35-36H,4,32H2,1-3H3,(H,37,38). The highest BCUT2D eigenvalue weighted by atomic mass is 35.5. The number of aromatic nitrogens is 1. The summed E-state index contributed by atoms with van der Waals surface area (Å²) in [4.78, 5) is 35.3. The molecule has 12 heteroatoms. The molecule has 0 unspecified atom stereocenters. The molecule has 1 aromatic heterocycles. The number of carboxylic acid groups (broad SMARTS) is 1. The van der Waals surface area contributed by atoms with Gasteiger partial charge in [0.25, 0.3) is 0 Å². The summed E-state index contributed by atoms with van der Waals surface area (Å²) in [6.45, 7) is 6.12. The van der Waals surface area contributed by atoms with Crippen molar-refractivity contribution in [3.05, 3.63) is 80.1 Å². The predicted molar refractivity (Wildman–Crippen MR) is 154 cm³/mol. The van der Waals surface area contributed by atoms with Gasteiger partial charge in [0.2, 0.25) is 11.8 Å². The smallest absolute Gasteiger partial charge is 0.365 e. The minimum absolute atomic E-state index is 0.0435. The van der Waals surface area contributed by atoms with Gasteiger partial charge in [-0.1, -0.05) is 23.2 Å². The topological polar surface area (TPSA) is 161 Å². The molecule has 10 nitrogen and oxygen atoms in total. The van der Waals surface area contributed by atoms with Crippen LogP contribution in [-0.2, 0) is 0 Å². The van der Waals surface area contributed by atoms with Gasteiger partial charge in [-0.15, -0.1) is 4.73 Å². The van der Waals surface area contributed by atoms with Gasteiger partial charge in [-0.3, -0.25) is 4.99 Å². The quantitative estimate of drug-likeness (QED) is 0.146. The van der Waals surface area contributed by atoms with E-state index in [9.17, 15) is 24.9 Å². The number of carbonyl (C=O) groups excluding carboxylic acids is 1. The number of hydrogen-bond donors (Lipinski definition) is 4. The molecule has 0 saturated heterocycles. The third-order valence-corrected chi connectivity index (χ3v) is 7.32. The summed E-state index contributed by atoms with van der Waals surface area (Å²) < 4.78 is 6.67. The van der Waals surface area contributed by atoms with Gasteiger partial charge >= 0.3 is 11.9 Å². The van der Waals surface area contributed by atoms with Crippen molar-refractivity contribution in [2.24, 2.45) is 4.99 Å². The molecule has 0 atom stereocenters. The molecule has 210 valence electrons. The molecule has 2 aliphatic rings. The number of rotatable bonds is 5. The van der Waals surface area contributed by atoms with Crippen LogP contribution in [0.1, 0.15) is 38.8 Å². The van der Waals surface area contributed by atoms with Gasteiger partial charge in [-0.25, -0.2) is 9.59 Å². The molecule has 0 amide bonds. The molecular weight excluding hydrogens is 573 g/mol. The molecule has 0 spiro atoms. The largest absolute Gasteiger partial charge is 0.492 e. The number of nitrogen functional groups attached to an aromatic ring is 1. The number of benzene rings is 3. The van der Waals surface area contributed by atoms with Gasteiger partial charge in [-0.2, -0.15) is 0 Å². The van der Waals surface area contributed by atoms with Crippen LogP contribution in [0.2, 0.25) is 10.0 Å². The molecular formula is C29H23Cl2N3O7. The fourth-order valence-electron chi connectivity index (χ4n) is 4.66. The molecule has 3 aromatic rings. The summed E-state index contributed by atoms with van der Waals surface area (Å²) in [5.41, 5.74) is 8.65. The lowest BCUT2D eigenvalue weighted by Crippen LogP contribution is -2.20. The average Bonchev–Trinajstić information content (AvgIpc) is 3.22. The Morgan fingerprint density at radius 3 is 2.34 bits per heavy atom. The molecule has 1 aliphatic heterocycles. The summed E-state index contributed by atoms with van der Waals surface area (Å²) >= 11 is 13.3. The monoisotopic (exact) mass is 595 g/mol. The van der Waals surface area contributed by atoms with Crippen molar-refractivity contribution in [1.29, 1.82) is 0 Å². The van der Waals surface area contributed by atoms with Crippen LogP contribution in [0, 0.1) is 13.8 Å². The minimum Gasteiger partial charge on any atom is -0.492 e. The van der Waals surface area contributed by atoms with E-state index in [1.165, 1.54) is 6.07 Å². The maximum absolute atomic E-state index is 13.0. The molecule has 0 radical (unpaired) electrons. The van der Waals surface area contributed by atoms with Gasteiger partial charge in [0.15, 0.2) is 0 Å². The Labute approximate surface area is 242 Å². The Bertz CT molecular complexity index is 1920. The zero-order chi connectivity index (χ0) is 29.7. The van der Waals surface area contributed by atoms with Gasteiger partial charge in [-0.05, 0) is 50.1 Å². The van der Waals surface area contributed by atoms with Crippen molar-refractivity contribution in [2.45, 2.75) is 20.8 Å². The lowest BCUT2D eigenvalue weighted by Gasteiger charge is -2.21. The van der Waals surface area contributed by atoms with E-state index in [-0.39, 0.29) is 10.6 Å². The van der Waals surface area contributed by atoms with Crippen LogP contribution in [-0.4, -0.2) is 38.5 Å². The summed E-state index contributed by atoms with van der Waals surface area (Å²) in [5, 5.41) is 30.7. The number of anilines is 1. The maximum Gasteiger partial charge on any atom is 0.365 e. The zero-order valence-electron chi connectivity index (χ0n) is 22.0. The predicted octanol–water partition coefficient (Wildman–Crippen LogP) is 5.81. The second-order valence-electron chi connectivity index (χ2n) is 9.29. The van der Waals surface area contributed by atoms with Gasteiger partial charge < -0.3 is 30.3 Å². The van der Waals surface area contributed by atoms with Crippen molar-refractivity contribution in [2.75, 3.05) is 12.3 Å². The van der Waals surface area contributed by atoms with Crippen LogP contribution >= 0.6 is 23.2 Å². The molecule has 0 fully saturated rings. The lowest BCUT2D eigenvalue weighted by molar-refractivity contribution is 0.0382. The van der Waals surface area contributed by atoms with E-state index < -0.39 is 39.8 Å². The Morgan fingerprint density at radius 2 is 1.71 bits per heavy atom. The highest BCUT2D eigenvalue weighted by Crippen LogP contribution is 2.47. The third kappa shape index (κ3) is 4.71. The minimum atomic E-state index is -1.46. The average molecular weight is 596 g/mol. The molecule has 5 rings (SSSR count). The zero-order valence-corrected chi connectivity index (χ0v) is 23.5. The van der Waals surface area contributed by atoms with E-state index in [0.717, 1.165) is 17.7 Å². The first-order chi connectivity index (χ1) is 19.4. The first-order valence-electron chi connectivity index (χ1n) is 12.3. The number of aryl methyl sites for hydroxylation is 2. The molecule has 5 N–H and O–H groups in total. The van der Waals surface area contributed by atoms with E-state index in [4.69, 9.17) is 38.2 Å². The van der Waals surface area contributed by atoms with E-state index in [1.807, 2.05) is 19.9 Å². The number of carbonyl (C=O) groups is 2. The highest BCUT2D eigenvalue weighted by Gasteiger charge is 2.31. The van der Waals surface area contributed by atoms with Crippen LogP contribution in [0.25, 0.3) is 33.4 Å². The summed E-state index contributed by atoms with van der Waals surface area (Å²) in [5.74, 6) is -3.37. The van der Waals surface area contributed by atoms with Crippen molar-refractivity contribution in [1.82, 2.24) is 4.73 Å². The fourth-order valence-corrected chi connectivity index (χ4v) is 5.27. The van der Waals surface area contributed by atoms with Crippen molar-refractivity contribution >= 4 is 51.8 Å². The molecule has 0 saturated carbocycles. The number of nitrogens with two attached hydrogens (primary N) is 1. The Morgan fingerprint density at radius 1 is 1.02 bits per heavy atom. The summed E-state index contributed by atoms with van der Waals surface area (Å²) in [7, 11) is 0. The highest BCUT2D eigenvalue weighted by molar-refractivity contribution is 6.41. The Hall–Kier alpha value is -4.67. The number of nitrogens with zero attached hydrogens (tertiary/aromatic N) is 2. The van der Waals surface area contributed by atoms with Crippen LogP contribution < -0.4 is 15.9 Å². The number of hydrogen-bond acceptors (Lipinski definition) is 8. The fraction of sp³-hybridized carbons (Fsp3) is 0.138. The molecule has 2 heterocycles. The summed E-state index contributed by atoms with van der Waals surface area (Å²) in [6.07, 6.45) is 0. The number of aromatic carboxylic acids is 1. The van der Waals surface area contributed by atoms with Gasteiger partial charge in [0, 0.05) is 58.6 Å². The second kappa shape index (κ2) is 10.4. The first-order valence-corrected chi connectivity index (χ1v) is 13.0. The molecule has 2 aromatic carbocycles. The number of aromatic hydroxyl groups is 2. The Balaban J connectivity index is 1.86. The van der Waals surface area contributed by atoms with Crippen molar-refractivity contribution < 1.29 is 34.2 Å². The third-order valence-electron chi connectivity index (χ3n) is 6.62. The van der Waals surface area contributed by atoms with Crippen molar-refractivity contribution in [3.8, 4) is 34.2 Å². The summed E-state index contributed by atoms with van der Waals surface area (Å²) in [6, 6.07) is 10.3. The molecule has 1 aliphatic carbocycles. The van der Waals surface area contributed by atoms with Crippen LogP contribution in [0.4, 0.5) is 5.69 Å². The first kappa shape index (κ1) is 27.9. The Kier molecular flexibility index (Phi) is 7.06. The van der Waals surface area contributed by atoms with Gasteiger partial charge in [0.05, 0.1) is 26.5 Å². The lowest BCUT2D eigenvalue weighted by atomic mass is 9.88. The van der Waals surface area contributed by atoms with Crippen molar-refractivity contribution in [3.63, 3.8) is 0 Å². The second-order valence-corrected chi connectivity index (χ2v) is 10.1.